The van der Waals surface area contributed by atoms with E-state index in [1.54, 1.807) is 13.8 Å². The molecule has 0 aliphatic heterocycles. The number of benzene rings is 1. The second kappa shape index (κ2) is 8.56. The molecule has 5 nitrogen and oxygen atoms in total. The average molecular weight is 345 g/mol. The minimum Gasteiger partial charge on any atom is -0.355 e. The van der Waals surface area contributed by atoms with E-state index in [0.717, 1.165) is 6.07 Å². The highest BCUT2D eigenvalue weighted by atomic mass is 19.4. The van der Waals surface area contributed by atoms with Gasteiger partial charge in [-0.1, -0.05) is 18.2 Å². The number of carbonyl (C=O) groups is 2. The van der Waals surface area contributed by atoms with Crippen molar-refractivity contribution >= 4 is 11.9 Å². The lowest BCUT2D eigenvalue weighted by molar-refractivity contribution is -0.138. The molecule has 1 aromatic rings. The zero-order valence-corrected chi connectivity index (χ0v) is 13.9. The number of urea groups is 1. The van der Waals surface area contributed by atoms with E-state index in [1.807, 2.05) is 0 Å². The molecule has 0 fully saturated rings. The Morgan fingerprint density at radius 2 is 1.83 bits per heavy atom. The van der Waals surface area contributed by atoms with Gasteiger partial charge in [-0.3, -0.25) is 4.79 Å². The van der Waals surface area contributed by atoms with E-state index >= 15 is 0 Å². The Kier molecular flexibility index (Phi) is 7.06. The first-order chi connectivity index (χ1) is 11.2. The van der Waals surface area contributed by atoms with Crippen molar-refractivity contribution in [1.29, 1.82) is 0 Å². The number of halogens is 3. The zero-order valence-electron chi connectivity index (χ0n) is 13.9. The molecule has 8 heteroatoms. The standard InChI is InChI=1S/C16H22F3N3O2/c1-4-20-14(23)10-22(5-2)15(24)21-11(3)12-8-6-7-9-13(12)16(17,18)19/h6-9,11H,4-5,10H2,1-3H3,(H,20,23)(H,21,24)/t11-/m0/s1. The first-order valence-electron chi connectivity index (χ1n) is 7.68. The van der Waals surface area contributed by atoms with Crippen molar-refractivity contribution in [3.63, 3.8) is 0 Å². The molecule has 0 saturated heterocycles. The molecule has 134 valence electrons. The molecular formula is C16H22F3N3O2. The molecule has 0 spiro atoms. The van der Waals surface area contributed by atoms with Gasteiger partial charge in [0.1, 0.15) is 6.54 Å². The number of rotatable bonds is 6. The van der Waals surface area contributed by atoms with Gasteiger partial charge < -0.3 is 15.5 Å². The predicted octanol–water partition coefficient (Wildman–Crippen LogP) is 2.93. The Bertz CT molecular complexity index is 576. The number of carbonyl (C=O) groups excluding carboxylic acids is 2. The first kappa shape index (κ1) is 19.8. The highest BCUT2D eigenvalue weighted by Crippen LogP contribution is 2.34. The van der Waals surface area contributed by atoms with Gasteiger partial charge in [-0.05, 0) is 32.4 Å². The second-order valence-electron chi connectivity index (χ2n) is 5.22. The van der Waals surface area contributed by atoms with Crippen LogP contribution in [0.3, 0.4) is 0 Å². The van der Waals surface area contributed by atoms with Gasteiger partial charge in [-0.2, -0.15) is 13.2 Å². The molecule has 1 aromatic carbocycles. The normalized spacial score (nSPS) is 12.4. The third kappa shape index (κ3) is 5.43. The molecule has 0 unspecified atom stereocenters. The maximum atomic E-state index is 13.1. The van der Waals surface area contributed by atoms with E-state index in [4.69, 9.17) is 0 Å². The lowest BCUT2D eigenvalue weighted by Crippen LogP contribution is -2.46. The number of alkyl halides is 3. The monoisotopic (exact) mass is 345 g/mol. The number of likely N-dealkylation sites (N-methyl/N-ethyl adjacent to an activating group) is 2. The van der Waals surface area contributed by atoms with Crippen LogP contribution in [-0.4, -0.2) is 36.5 Å². The van der Waals surface area contributed by atoms with Crippen LogP contribution in [0.4, 0.5) is 18.0 Å². The fraction of sp³-hybridized carbons (Fsp3) is 0.500. The van der Waals surface area contributed by atoms with Crippen LogP contribution in [0.2, 0.25) is 0 Å². The number of nitrogens with one attached hydrogen (secondary N) is 2. The molecule has 1 rings (SSSR count). The lowest BCUT2D eigenvalue weighted by atomic mass is 10.0. The van der Waals surface area contributed by atoms with Crippen LogP contribution in [0.1, 0.15) is 37.9 Å². The predicted molar refractivity (Wildman–Crippen MR) is 84.3 cm³/mol. The summed E-state index contributed by atoms with van der Waals surface area (Å²) in [5.74, 6) is -0.321. The molecule has 0 aliphatic rings. The van der Waals surface area contributed by atoms with Crippen LogP contribution in [0.15, 0.2) is 24.3 Å². The Morgan fingerprint density at radius 3 is 2.38 bits per heavy atom. The lowest BCUT2D eigenvalue weighted by Gasteiger charge is -2.25. The maximum absolute atomic E-state index is 13.1. The van der Waals surface area contributed by atoms with Crippen molar-refractivity contribution in [2.75, 3.05) is 19.6 Å². The van der Waals surface area contributed by atoms with E-state index in [-0.39, 0.29) is 24.6 Å². The first-order valence-corrected chi connectivity index (χ1v) is 7.68. The minimum absolute atomic E-state index is 0.0209. The Morgan fingerprint density at radius 1 is 1.21 bits per heavy atom. The van der Waals surface area contributed by atoms with Crippen molar-refractivity contribution in [2.24, 2.45) is 0 Å². The largest absolute Gasteiger partial charge is 0.416 e. The molecule has 0 bridgehead atoms. The number of nitrogens with zero attached hydrogens (tertiary/aromatic N) is 1. The SMILES string of the molecule is CCNC(=O)CN(CC)C(=O)N[C@@H](C)c1ccccc1C(F)(F)F. The van der Waals surface area contributed by atoms with E-state index in [0.29, 0.717) is 6.54 Å². The van der Waals surface area contributed by atoms with Gasteiger partial charge in [-0.25, -0.2) is 4.79 Å². The fourth-order valence-corrected chi connectivity index (χ4v) is 2.24. The summed E-state index contributed by atoms with van der Waals surface area (Å²) in [4.78, 5) is 25.0. The molecule has 0 heterocycles. The van der Waals surface area contributed by atoms with E-state index in [9.17, 15) is 22.8 Å². The summed E-state index contributed by atoms with van der Waals surface area (Å²) < 4.78 is 39.2. The van der Waals surface area contributed by atoms with E-state index < -0.39 is 23.8 Å². The van der Waals surface area contributed by atoms with Crippen LogP contribution in [0.25, 0.3) is 0 Å². The smallest absolute Gasteiger partial charge is 0.355 e. The quantitative estimate of drug-likeness (QED) is 0.833. The van der Waals surface area contributed by atoms with Gasteiger partial charge in [0.25, 0.3) is 0 Å². The van der Waals surface area contributed by atoms with Crippen LogP contribution in [0, 0.1) is 0 Å². The molecule has 0 aliphatic carbocycles. The number of hydrogen-bond donors (Lipinski definition) is 2. The highest BCUT2D eigenvalue weighted by Gasteiger charge is 2.34. The summed E-state index contributed by atoms with van der Waals surface area (Å²) in [5.41, 5.74) is -0.808. The molecule has 0 saturated carbocycles. The summed E-state index contributed by atoms with van der Waals surface area (Å²) in [7, 11) is 0. The van der Waals surface area contributed by atoms with Crippen molar-refractivity contribution in [3.05, 3.63) is 35.4 Å². The Balaban J connectivity index is 2.85. The van der Waals surface area contributed by atoms with Gasteiger partial charge in [0.15, 0.2) is 0 Å². The fourth-order valence-electron chi connectivity index (χ4n) is 2.24. The maximum Gasteiger partial charge on any atom is 0.416 e. The number of amides is 3. The molecule has 3 amide bonds. The third-order valence-electron chi connectivity index (χ3n) is 3.45. The third-order valence-corrected chi connectivity index (χ3v) is 3.45. The average Bonchev–Trinajstić information content (AvgIpc) is 2.51. The van der Waals surface area contributed by atoms with Gasteiger partial charge >= 0.3 is 12.2 Å². The van der Waals surface area contributed by atoms with Crippen LogP contribution in [0.5, 0.6) is 0 Å². The second-order valence-corrected chi connectivity index (χ2v) is 5.22. The summed E-state index contributed by atoms with van der Waals surface area (Å²) >= 11 is 0. The zero-order chi connectivity index (χ0) is 18.3. The summed E-state index contributed by atoms with van der Waals surface area (Å²) in [6.07, 6.45) is -4.50. The van der Waals surface area contributed by atoms with Crippen LogP contribution in [-0.2, 0) is 11.0 Å². The van der Waals surface area contributed by atoms with Crippen molar-refractivity contribution < 1.29 is 22.8 Å². The summed E-state index contributed by atoms with van der Waals surface area (Å²) in [5, 5.41) is 5.08. The van der Waals surface area contributed by atoms with E-state index in [2.05, 4.69) is 10.6 Å². The molecule has 0 aromatic heterocycles. The van der Waals surface area contributed by atoms with Crippen molar-refractivity contribution in [2.45, 2.75) is 33.0 Å². The molecule has 24 heavy (non-hydrogen) atoms. The summed E-state index contributed by atoms with van der Waals surface area (Å²) in [6.45, 7) is 5.47. The molecular weight excluding hydrogens is 323 g/mol. The molecule has 1 atom stereocenters. The number of hydrogen-bond acceptors (Lipinski definition) is 2. The molecule has 0 radical (unpaired) electrons. The van der Waals surface area contributed by atoms with E-state index in [1.165, 1.54) is 30.0 Å². The summed E-state index contributed by atoms with van der Waals surface area (Å²) in [6, 6.07) is 3.65. The minimum atomic E-state index is -4.50. The molecule has 2 N–H and O–H groups in total. The van der Waals surface area contributed by atoms with Crippen LogP contribution < -0.4 is 10.6 Å². The van der Waals surface area contributed by atoms with Gasteiger partial charge in [0, 0.05) is 13.1 Å². The van der Waals surface area contributed by atoms with Crippen molar-refractivity contribution in [3.8, 4) is 0 Å². The van der Waals surface area contributed by atoms with Gasteiger partial charge in [0.2, 0.25) is 5.91 Å². The highest BCUT2D eigenvalue weighted by molar-refractivity contribution is 5.84. The Hall–Kier alpha value is -2.25. The van der Waals surface area contributed by atoms with Gasteiger partial charge in [-0.15, -0.1) is 0 Å². The van der Waals surface area contributed by atoms with Crippen molar-refractivity contribution in [1.82, 2.24) is 15.5 Å². The van der Waals surface area contributed by atoms with Crippen LogP contribution >= 0.6 is 0 Å². The topological polar surface area (TPSA) is 61.4 Å². The van der Waals surface area contributed by atoms with Gasteiger partial charge in [0.05, 0.1) is 11.6 Å². The Labute approximate surface area is 139 Å².